The number of carboxylic acid groups (broad SMARTS) is 1. The molecule has 0 radical (unpaired) electrons. The number of carbonyl (C=O) groups is 1. The monoisotopic (exact) mass is 244 g/mol. The molecule has 1 heterocycles. The maximum absolute atomic E-state index is 11.4. The van der Waals surface area contributed by atoms with Crippen LogP contribution >= 0.6 is 0 Å². The van der Waals surface area contributed by atoms with Crippen LogP contribution in [0.5, 0.6) is 0 Å². The lowest BCUT2D eigenvalue weighted by molar-refractivity contribution is 0.0687. The number of aromatic carboxylic acids is 1. The molecule has 0 aliphatic carbocycles. The fraction of sp³-hybridized carbons (Fsp3) is 0.286. The third-order valence-corrected chi connectivity index (χ3v) is 3.09. The minimum Gasteiger partial charge on any atom is -0.477 e. The van der Waals surface area contributed by atoms with Gasteiger partial charge in [0.25, 0.3) is 0 Å². The first-order chi connectivity index (χ1) is 8.43. The Kier molecular flexibility index (Phi) is 2.95. The van der Waals surface area contributed by atoms with Crippen molar-refractivity contribution in [1.82, 2.24) is 9.55 Å². The third kappa shape index (κ3) is 1.79. The summed E-state index contributed by atoms with van der Waals surface area (Å²) in [5, 5.41) is 9.34. The Morgan fingerprint density at radius 3 is 2.22 bits per heavy atom. The van der Waals surface area contributed by atoms with E-state index < -0.39 is 5.97 Å². The predicted octanol–water partition coefficient (Wildman–Crippen LogP) is 2.80. The fourth-order valence-electron chi connectivity index (χ4n) is 2.35. The number of benzene rings is 1. The Hall–Kier alpha value is -2.10. The molecule has 0 atom stereocenters. The number of para-hydroxylation sites is 1. The van der Waals surface area contributed by atoms with Gasteiger partial charge in [0, 0.05) is 0 Å². The zero-order valence-electron chi connectivity index (χ0n) is 11.0. The molecule has 0 saturated heterocycles. The summed E-state index contributed by atoms with van der Waals surface area (Å²) in [5.41, 5.74) is 3.77. The van der Waals surface area contributed by atoms with E-state index in [4.69, 9.17) is 0 Å². The Bertz CT molecular complexity index is 607. The zero-order chi connectivity index (χ0) is 13.4. The Morgan fingerprint density at radius 1 is 1.17 bits per heavy atom. The number of aromatic nitrogens is 2. The highest BCUT2D eigenvalue weighted by molar-refractivity contribution is 5.88. The van der Waals surface area contributed by atoms with Gasteiger partial charge in [-0.1, -0.05) is 18.2 Å². The van der Waals surface area contributed by atoms with Gasteiger partial charge in [-0.2, -0.15) is 0 Å². The first kappa shape index (κ1) is 12.4. The number of imidazole rings is 1. The van der Waals surface area contributed by atoms with E-state index in [2.05, 4.69) is 4.98 Å². The van der Waals surface area contributed by atoms with Gasteiger partial charge in [-0.3, -0.25) is 4.57 Å². The molecule has 4 nitrogen and oxygen atoms in total. The highest BCUT2D eigenvalue weighted by Gasteiger charge is 2.21. The fourth-order valence-corrected chi connectivity index (χ4v) is 2.35. The third-order valence-electron chi connectivity index (χ3n) is 3.09. The van der Waals surface area contributed by atoms with Crippen LogP contribution in [-0.4, -0.2) is 20.6 Å². The van der Waals surface area contributed by atoms with E-state index in [1.165, 1.54) is 0 Å². The van der Waals surface area contributed by atoms with Crippen molar-refractivity contribution < 1.29 is 9.90 Å². The van der Waals surface area contributed by atoms with Gasteiger partial charge in [-0.15, -0.1) is 0 Å². The van der Waals surface area contributed by atoms with Gasteiger partial charge in [0.2, 0.25) is 0 Å². The quantitative estimate of drug-likeness (QED) is 0.883. The van der Waals surface area contributed by atoms with Crippen LogP contribution in [0.15, 0.2) is 18.2 Å². The molecule has 1 N–H and O–H groups in total. The van der Waals surface area contributed by atoms with Crippen LogP contribution in [0.1, 0.15) is 33.1 Å². The minimum absolute atomic E-state index is 0.241. The molecule has 2 rings (SSSR count). The van der Waals surface area contributed by atoms with Crippen LogP contribution in [0.25, 0.3) is 5.69 Å². The number of hydrogen-bond donors (Lipinski definition) is 1. The van der Waals surface area contributed by atoms with Crippen LogP contribution in [-0.2, 0) is 0 Å². The average Bonchev–Trinajstić information content (AvgIpc) is 2.54. The Labute approximate surface area is 106 Å². The largest absolute Gasteiger partial charge is 0.477 e. The van der Waals surface area contributed by atoms with Gasteiger partial charge in [0.05, 0.1) is 11.4 Å². The van der Waals surface area contributed by atoms with Crippen molar-refractivity contribution in [2.75, 3.05) is 0 Å². The molecule has 0 fully saturated rings. The van der Waals surface area contributed by atoms with E-state index in [-0.39, 0.29) is 5.69 Å². The molecule has 0 bridgehead atoms. The molecule has 1 aromatic carbocycles. The minimum atomic E-state index is -0.948. The summed E-state index contributed by atoms with van der Waals surface area (Å²) in [5.74, 6) is -0.252. The molecule has 0 saturated carbocycles. The van der Waals surface area contributed by atoms with Crippen molar-refractivity contribution in [3.8, 4) is 5.69 Å². The van der Waals surface area contributed by atoms with E-state index in [0.717, 1.165) is 16.8 Å². The lowest BCUT2D eigenvalue weighted by atomic mass is 10.1. The van der Waals surface area contributed by atoms with Gasteiger partial charge in [-0.05, 0) is 38.8 Å². The summed E-state index contributed by atoms with van der Waals surface area (Å²) in [6.07, 6.45) is 0. The Balaban J connectivity index is 2.83. The normalized spacial score (nSPS) is 10.7. The van der Waals surface area contributed by atoms with E-state index in [9.17, 15) is 9.90 Å². The smallest absolute Gasteiger partial charge is 0.354 e. The molecule has 94 valence electrons. The van der Waals surface area contributed by atoms with Crippen molar-refractivity contribution in [2.24, 2.45) is 0 Å². The van der Waals surface area contributed by atoms with Crippen LogP contribution in [0, 0.1) is 27.7 Å². The lowest BCUT2D eigenvalue weighted by Crippen LogP contribution is -2.11. The number of nitrogens with zero attached hydrogens (tertiary/aromatic N) is 2. The molecule has 0 amide bonds. The molecule has 0 aliphatic rings. The second-order valence-electron chi connectivity index (χ2n) is 4.47. The number of aryl methyl sites for hydroxylation is 4. The van der Waals surface area contributed by atoms with Crippen molar-refractivity contribution >= 4 is 5.97 Å². The van der Waals surface area contributed by atoms with Gasteiger partial charge in [0.15, 0.2) is 5.69 Å². The topological polar surface area (TPSA) is 55.1 Å². The SMILES string of the molecule is Cc1cccc(C)c1-n1c(C)nc(C)c1C(=O)O. The van der Waals surface area contributed by atoms with Crippen LogP contribution in [0.4, 0.5) is 0 Å². The molecule has 0 aliphatic heterocycles. The van der Waals surface area contributed by atoms with Gasteiger partial charge >= 0.3 is 5.97 Å². The maximum Gasteiger partial charge on any atom is 0.354 e. The van der Waals surface area contributed by atoms with Crippen LogP contribution in [0.3, 0.4) is 0 Å². The second kappa shape index (κ2) is 4.29. The second-order valence-corrected chi connectivity index (χ2v) is 4.47. The van der Waals surface area contributed by atoms with Crippen molar-refractivity contribution in [3.63, 3.8) is 0 Å². The van der Waals surface area contributed by atoms with E-state index >= 15 is 0 Å². The molecule has 1 aromatic heterocycles. The van der Waals surface area contributed by atoms with Crippen molar-refractivity contribution in [3.05, 3.63) is 46.5 Å². The summed E-state index contributed by atoms with van der Waals surface area (Å²) < 4.78 is 1.72. The molecule has 2 aromatic rings. The number of carboxylic acids is 1. The zero-order valence-corrected chi connectivity index (χ0v) is 11.0. The molecule has 0 unspecified atom stereocenters. The summed E-state index contributed by atoms with van der Waals surface area (Å²) >= 11 is 0. The number of hydrogen-bond acceptors (Lipinski definition) is 2. The highest BCUT2D eigenvalue weighted by Crippen LogP contribution is 2.24. The average molecular weight is 244 g/mol. The molecule has 0 spiro atoms. The van der Waals surface area contributed by atoms with Crippen LogP contribution < -0.4 is 0 Å². The highest BCUT2D eigenvalue weighted by atomic mass is 16.4. The molecular weight excluding hydrogens is 228 g/mol. The molecule has 4 heteroatoms. The van der Waals surface area contributed by atoms with E-state index in [0.29, 0.717) is 11.5 Å². The van der Waals surface area contributed by atoms with Crippen molar-refractivity contribution in [2.45, 2.75) is 27.7 Å². The lowest BCUT2D eigenvalue weighted by Gasteiger charge is -2.14. The maximum atomic E-state index is 11.4. The Morgan fingerprint density at radius 2 is 1.72 bits per heavy atom. The first-order valence-electron chi connectivity index (χ1n) is 5.79. The molecular formula is C14H16N2O2. The van der Waals surface area contributed by atoms with Crippen molar-refractivity contribution in [1.29, 1.82) is 0 Å². The van der Waals surface area contributed by atoms with Gasteiger partial charge in [-0.25, -0.2) is 9.78 Å². The van der Waals surface area contributed by atoms with Gasteiger partial charge < -0.3 is 5.11 Å². The predicted molar refractivity (Wildman–Crippen MR) is 69.5 cm³/mol. The summed E-state index contributed by atoms with van der Waals surface area (Å²) in [7, 11) is 0. The summed E-state index contributed by atoms with van der Waals surface area (Å²) in [6.45, 7) is 7.50. The summed E-state index contributed by atoms with van der Waals surface area (Å²) in [4.78, 5) is 15.7. The number of rotatable bonds is 2. The standard InChI is InChI=1S/C14H16N2O2/c1-8-6-5-7-9(2)12(8)16-11(4)15-10(3)13(16)14(17)18/h5-7H,1-4H3,(H,17,18). The summed E-state index contributed by atoms with van der Waals surface area (Å²) in [6, 6.07) is 5.92. The van der Waals surface area contributed by atoms with Crippen LogP contribution in [0.2, 0.25) is 0 Å². The van der Waals surface area contributed by atoms with Gasteiger partial charge in [0.1, 0.15) is 5.82 Å². The van der Waals surface area contributed by atoms with E-state index in [1.54, 1.807) is 11.5 Å². The molecule has 18 heavy (non-hydrogen) atoms. The first-order valence-corrected chi connectivity index (χ1v) is 5.79. The van der Waals surface area contributed by atoms with E-state index in [1.807, 2.05) is 39.0 Å².